The Kier molecular flexibility index (Phi) is 5.81. The molecule has 0 atom stereocenters. The Hall–Kier alpha value is -3.94. The minimum absolute atomic E-state index is 0.281. The van der Waals surface area contributed by atoms with Gasteiger partial charge in [-0.2, -0.15) is 10.2 Å². The van der Waals surface area contributed by atoms with Crippen molar-refractivity contribution >= 4 is 18.1 Å². The third-order valence-corrected chi connectivity index (χ3v) is 3.92. The number of esters is 1. The maximum atomic E-state index is 12.2. The summed E-state index contributed by atoms with van der Waals surface area (Å²) in [5.41, 5.74) is 5.35. The number of methoxy groups -OCH3 is 2. The zero-order chi connectivity index (χ0) is 19.9. The largest absolute Gasteiger partial charge is 0.497 e. The Morgan fingerprint density at radius 3 is 2.43 bits per heavy atom. The van der Waals surface area contributed by atoms with Crippen LogP contribution in [0.2, 0.25) is 0 Å². The van der Waals surface area contributed by atoms with E-state index in [1.54, 1.807) is 37.4 Å². The molecule has 0 fully saturated rings. The van der Waals surface area contributed by atoms with E-state index in [2.05, 4.69) is 25.5 Å². The fourth-order valence-electron chi connectivity index (χ4n) is 2.40. The summed E-state index contributed by atoms with van der Waals surface area (Å²) in [5, 5.41) is 10.7. The van der Waals surface area contributed by atoms with Crippen LogP contribution in [-0.4, -0.2) is 42.5 Å². The summed E-state index contributed by atoms with van der Waals surface area (Å²) in [4.78, 5) is 23.6. The standard InChI is InChI=1S/C20H18N4O4/c1-27-16-9-7-14(8-10-16)17-11-18(23-22-17)19(25)24-21-12-13-3-5-15(6-4-13)20(26)28-2/h3-12H,1-2H3,(H,22,23)(H,24,25)/b21-12-. The summed E-state index contributed by atoms with van der Waals surface area (Å²) >= 11 is 0. The van der Waals surface area contributed by atoms with Gasteiger partial charge in [0, 0.05) is 5.56 Å². The quantitative estimate of drug-likeness (QED) is 0.390. The molecule has 0 spiro atoms. The number of H-pyrrole nitrogens is 1. The average molecular weight is 378 g/mol. The van der Waals surface area contributed by atoms with Crippen LogP contribution in [0.4, 0.5) is 0 Å². The van der Waals surface area contributed by atoms with Crippen LogP contribution in [-0.2, 0) is 4.74 Å². The Morgan fingerprint density at radius 1 is 1.07 bits per heavy atom. The number of nitrogens with one attached hydrogen (secondary N) is 2. The van der Waals surface area contributed by atoms with Gasteiger partial charge in [0.1, 0.15) is 11.4 Å². The second-order valence-corrected chi connectivity index (χ2v) is 5.71. The Bertz CT molecular complexity index is 992. The fraction of sp³-hybridized carbons (Fsp3) is 0.100. The molecule has 0 aliphatic rings. The average Bonchev–Trinajstić information content (AvgIpc) is 3.24. The summed E-state index contributed by atoms with van der Waals surface area (Å²) in [7, 11) is 2.92. The number of carbonyl (C=O) groups is 2. The van der Waals surface area contributed by atoms with Crippen LogP contribution in [0.15, 0.2) is 59.7 Å². The number of amides is 1. The Balaban J connectivity index is 1.61. The molecule has 0 saturated heterocycles. The van der Waals surface area contributed by atoms with Gasteiger partial charge in [0.25, 0.3) is 5.91 Å². The van der Waals surface area contributed by atoms with E-state index in [1.165, 1.54) is 13.3 Å². The smallest absolute Gasteiger partial charge is 0.337 e. The van der Waals surface area contributed by atoms with Crippen LogP contribution in [0.25, 0.3) is 11.3 Å². The molecule has 1 aromatic heterocycles. The van der Waals surface area contributed by atoms with E-state index in [0.717, 1.165) is 16.9 Å². The Morgan fingerprint density at radius 2 is 1.79 bits per heavy atom. The molecule has 142 valence electrons. The molecule has 0 saturated carbocycles. The maximum absolute atomic E-state index is 12.2. The highest BCUT2D eigenvalue weighted by Gasteiger charge is 2.10. The molecule has 28 heavy (non-hydrogen) atoms. The highest BCUT2D eigenvalue weighted by atomic mass is 16.5. The van der Waals surface area contributed by atoms with Crippen molar-refractivity contribution in [1.29, 1.82) is 0 Å². The van der Waals surface area contributed by atoms with E-state index in [-0.39, 0.29) is 5.69 Å². The number of nitrogens with zero attached hydrogens (tertiary/aromatic N) is 2. The summed E-state index contributed by atoms with van der Waals surface area (Å²) in [6.07, 6.45) is 1.47. The molecule has 3 rings (SSSR count). The zero-order valence-electron chi connectivity index (χ0n) is 15.3. The van der Waals surface area contributed by atoms with Gasteiger partial charge in [0.05, 0.1) is 31.7 Å². The van der Waals surface area contributed by atoms with Crippen molar-refractivity contribution in [1.82, 2.24) is 15.6 Å². The molecular formula is C20H18N4O4. The van der Waals surface area contributed by atoms with Crippen molar-refractivity contribution in [2.24, 2.45) is 5.10 Å². The van der Waals surface area contributed by atoms with E-state index < -0.39 is 11.9 Å². The van der Waals surface area contributed by atoms with Gasteiger partial charge in [-0.05, 0) is 48.0 Å². The number of aromatic nitrogens is 2. The molecule has 2 N–H and O–H groups in total. The van der Waals surface area contributed by atoms with Crippen molar-refractivity contribution in [2.45, 2.75) is 0 Å². The van der Waals surface area contributed by atoms with Gasteiger partial charge in [-0.25, -0.2) is 10.2 Å². The van der Waals surface area contributed by atoms with Crippen molar-refractivity contribution in [3.05, 3.63) is 71.4 Å². The van der Waals surface area contributed by atoms with Crippen molar-refractivity contribution in [2.75, 3.05) is 14.2 Å². The number of carbonyl (C=O) groups excluding carboxylic acids is 2. The molecule has 8 nitrogen and oxygen atoms in total. The molecule has 0 bridgehead atoms. The first-order chi connectivity index (χ1) is 13.6. The summed E-state index contributed by atoms with van der Waals surface area (Å²) < 4.78 is 9.76. The van der Waals surface area contributed by atoms with Crippen molar-refractivity contribution in [3.8, 4) is 17.0 Å². The summed E-state index contributed by atoms with van der Waals surface area (Å²) in [5.74, 6) is -0.0930. The second-order valence-electron chi connectivity index (χ2n) is 5.71. The number of hydrogen-bond donors (Lipinski definition) is 2. The molecule has 0 aliphatic heterocycles. The highest BCUT2D eigenvalue weighted by Crippen LogP contribution is 2.21. The first kappa shape index (κ1) is 18.8. The lowest BCUT2D eigenvalue weighted by Crippen LogP contribution is -2.18. The van der Waals surface area contributed by atoms with Gasteiger partial charge < -0.3 is 9.47 Å². The first-order valence-corrected chi connectivity index (χ1v) is 8.32. The SMILES string of the molecule is COC(=O)c1ccc(/C=N\NC(=O)c2cc(-c3ccc(OC)cc3)n[nH]2)cc1. The van der Waals surface area contributed by atoms with Crippen LogP contribution in [0, 0.1) is 0 Å². The third kappa shape index (κ3) is 4.42. The predicted octanol–water partition coefficient (Wildman–Crippen LogP) is 2.64. The molecule has 1 amide bonds. The fourth-order valence-corrected chi connectivity index (χ4v) is 2.40. The lowest BCUT2D eigenvalue weighted by atomic mass is 10.1. The monoisotopic (exact) mass is 378 g/mol. The van der Waals surface area contributed by atoms with Crippen LogP contribution >= 0.6 is 0 Å². The molecule has 0 radical (unpaired) electrons. The molecule has 1 heterocycles. The maximum Gasteiger partial charge on any atom is 0.337 e. The number of ether oxygens (including phenoxy) is 2. The molecule has 0 aliphatic carbocycles. The minimum Gasteiger partial charge on any atom is -0.497 e. The van der Waals surface area contributed by atoms with Gasteiger partial charge in [0.2, 0.25) is 0 Å². The van der Waals surface area contributed by atoms with Gasteiger partial charge in [-0.1, -0.05) is 12.1 Å². The molecule has 8 heteroatoms. The zero-order valence-corrected chi connectivity index (χ0v) is 15.3. The van der Waals surface area contributed by atoms with E-state index in [4.69, 9.17) is 4.74 Å². The van der Waals surface area contributed by atoms with Crippen molar-refractivity contribution < 1.29 is 19.1 Å². The van der Waals surface area contributed by atoms with E-state index in [1.807, 2.05) is 24.3 Å². The topological polar surface area (TPSA) is 106 Å². The van der Waals surface area contributed by atoms with E-state index in [9.17, 15) is 9.59 Å². The van der Waals surface area contributed by atoms with Gasteiger partial charge in [0.15, 0.2) is 0 Å². The Labute approximate surface area is 161 Å². The number of hydrazone groups is 1. The summed E-state index contributed by atoms with van der Waals surface area (Å²) in [6.45, 7) is 0. The van der Waals surface area contributed by atoms with Crippen LogP contribution in [0.1, 0.15) is 26.4 Å². The van der Waals surface area contributed by atoms with Gasteiger partial charge in [-0.15, -0.1) is 0 Å². The van der Waals surface area contributed by atoms with Crippen LogP contribution in [0.5, 0.6) is 5.75 Å². The minimum atomic E-state index is -0.422. The van der Waals surface area contributed by atoms with Crippen molar-refractivity contribution in [3.63, 3.8) is 0 Å². The second kappa shape index (κ2) is 8.63. The van der Waals surface area contributed by atoms with Crippen LogP contribution < -0.4 is 10.2 Å². The highest BCUT2D eigenvalue weighted by molar-refractivity contribution is 5.94. The van der Waals surface area contributed by atoms with Gasteiger partial charge >= 0.3 is 5.97 Å². The summed E-state index contributed by atoms with van der Waals surface area (Å²) in [6, 6.07) is 15.6. The molecule has 0 unspecified atom stereocenters. The molecular weight excluding hydrogens is 360 g/mol. The molecule has 2 aromatic carbocycles. The van der Waals surface area contributed by atoms with Gasteiger partial charge in [-0.3, -0.25) is 9.89 Å². The number of rotatable bonds is 6. The number of hydrogen-bond acceptors (Lipinski definition) is 6. The molecule has 3 aromatic rings. The lowest BCUT2D eigenvalue weighted by Gasteiger charge is -2.00. The van der Waals surface area contributed by atoms with E-state index >= 15 is 0 Å². The predicted molar refractivity (Wildman–Crippen MR) is 103 cm³/mol. The number of aromatic amines is 1. The third-order valence-electron chi connectivity index (χ3n) is 3.92. The van der Waals surface area contributed by atoms with Crippen LogP contribution in [0.3, 0.4) is 0 Å². The number of benzene rings is 2. The first-order valence-electron chi connectivity index (χ1n) is 8.32. The normalized spacial score (nSPS) is 10.6. The lowest BCUT2D eigenvalue weighted by molar-refractivity contribution is 0.0600. The van der Waals surface area contributed by atoms with E-state index in [0.29, 0.717) is 11.3 Å².